The number of ether oxygens (including phenoxy) is 1. The van der Waals surface area contributed by atoms with Crippen molar-refractivity contribution in [1.29, 1.82) is 0 Å². The number of hydrogen-bond donors (Lipinski definition) is 3. The second-order valence-electron chi connectivity index (χ2n) is 3.42. The average Bonchev–Trinajstić information content (AvgIpc) is 2.39. The van der Waals surface area contributed by atoms with E-state index in [4.69, 9.17) is 25.6 Å². The monoisotopic (exact) mass is 294 g/mol. The third-order valence-electron chi connectivity index (χ3n) is 1.92. The second-order valence-corrected chi connectivity index (χ2v) is 3.42. The lowest BCUT2D eigenvalue weighted by Crippen LogP contribution is -2.21. The van der Waals surface area contributed by atoms with E-state index in [2.05, 4.69) is 5.16 Å². The number of oxime groups is 1. The van der Waals surface area contributed by atoms with Crippen molar-refractivity contribution in [3.05, 3.63) is 29.8 Å². The third kappa shape index (κ3) is 7.09. The number of nitrogens with two attached hydrogens (primary N) is 1. The Morgan fingerprint density at radius 2 is 1.80 bits per heavy atom. The molecule has 0 aliphatic rings. The van der Waals surface area contributed by atoms with E-state index in [1.54, 1.807) is 7.11 Å². The van der Waals surface area contributed by atoms with E-state index < -0.39 is 12.1 Å². The number of carboxylic acid groups (broad SMARTS) is 1. The van der Waals surface area contributed by atoms with Crippen molar-refractivity contribution >= 4 is 11.8 Å². The number of amidine groups is 1. The quantitative estimate of drug-likeness (QED) is 0.340. The van der Waals surface area contributed by atoms with Crippen LogP contribution < -0.4 is 10.5 Å². The molecule has 20 heavy (non-hydrogen) atoms. The topological polar surface area (TPSA) is 105 Å². The molecule has 0 saturated carbocycles. The number of nitrogens with zero attached hydrogens (tertiary/aromatic N) is 1. The van der Waals surface area contributed by atoms with Gasteiger partial charge in [-0.1, -0.05) is 17.3 Å². The van der Waals surface area contributed by atoms with E-state index in [0.29, 0.717) is 6.42 Å². The summed E-state index contributed by atoms with van der Waals surface area (Å²) in [5.41, 5.74) is 6.33. The highest BCUT2D eigenvalue weighted by molar-refractivity contribution is 5.82. The van der Waals surface area contributed by atoms with Crippen LogP contribution in [0.15, 0.2) is 29.4 Å². The highest BCUT2D eigenvalue weighted by Crippen LogP contribution is 2.13. The molecule has 0 bridgehead atoms. The lowest BCUT2D eigenvalue weighted by atomic mass is 10.1. The summed E-state index contributed by atoms with van der Waals surface area (Å²) in [6, 6.07) is 7.41. The summed E-state index contributed by atoms with van der Waals surface area (Å²) in [5, 5.41) is 18.3. The molecule has 1 aromatic carbocycles. The predicted octanol–water partition coefficient (Wildman–Crippen LogP) is 1.62. The van der Waals surface area contributed by atoms with E-state index in [1.807, 2.05) is 24.3 Å². The zero-order chi connectivity index (χ0) is 15.8. The van der Waals surface area contributed by atoms with Crippen LogP contribution in [0.3, 0.4) is 0 Å². The predicted molar refractivity (Wildman–Crippen MR) is 63.8 cm³/mol. The molecule has 0 amide bonds. The van der Waals surface area contributed by atoms with Crippen molar-refractivity contribution in [1.82, 2.24) is 0 Å². The molecule has 0 aromatic heterocycles. The zero-order valence-electron chi connectivity index (χ0n) is 10.4. The van der Waals surface area contributed by atoms with Gasteiger partial charge in [-0.05, 0) is 17.7 Å². The number of carbonyl (C=O) groups is 1. The Balaban J connectivity index is 0.000000441. The van der Waals surface area contributed by atoms with Crippen LogP contribution in [0, 0.1) is 0 Å². The van der Waals surface area contributed by atoms with Crippen molar-refractivity contribution in [2.75, 3.05) is 7.11 Å². The molecule has 0 atom stereocenters. The number of rotatable bonds is 3. The Morgan fingerprint density at radius 3 is 2.10 bits per heavy atom. The van der Waals surface area contributed by atoms with Crippen molar-refractivity contribution in [3.63, 3.8) is 0 Å². The molecule has 0 spiro atoms. The van der Waals surface area contributed by atoms with Crippen molar-refractivity contribution in [3.8, 4) is 5.75 Å². The van der Waals surface area contributed by atoms with Gasteiger partial charge in [-0.15, -0.1) is 0 Å². The zero-order valence-corrected chi connectivity index (χ0v) is 10.4. The normalized spacial score (nSPS) is 11.3. The molecule has 0 aliphatic carbocycles. The fourth-order valence-electron chi connectivity index (χ4n) is 0.988. The molecule has 1 aromatic rings. The van der Waals surface area contributed by atoms with Crippen LogP contribution in [0.2, 0.25) is 0 Å². The number of methoxy groups -OCH3 is 1. The summed E-state index contributed by atoms with van der Waals surface area (Å²) in [6.45, 7) is 0. The van der Waals surface area contributed by atoms with Crippen LogP contribution in [0.4, 0.5) is 13.2 Å². The van der Waals surface area contributed by atoms with Crippen molar-refractivity contribution in [2.24, 2.45) is 10.9 Å². The van der Waals surface area contributed by atoms with Gasteiger partial charge in [-0.2, -0.15) is 13.2 Å². The maximum Gasteiger partial charge on any atom is 0.490 e. The lowest BCUT2D eigenvalue weighted by Gasteiger charge is -2.01. The number of aliphatic carboxylic acids is 1. The Bertz CT molecular complexity index is 458. The number of alkyl halides is 3. The van der Waals surface area contributed by atoms with E-state index in [9.17, 15) is 13.2 Å². The average molecular weight is 294 g/mol. The number of hydrogen-bond acceptors (Lipinski definition) is 4. The number of benzene rings is 1. The molecule has 0 radical (unpaired) electrons. The van der Waals surface area contributed by atoms with Gasteiger partial charge in [0.05, 0.1) is 7.11 Å². The Morgan fingerprint density at radius 1 is 1.35 bits per heavy atom. The summed E-state index contributed by atoms with van der Waals surface area (Å²) in [7, 11) is 1.61. The largest absolute Gasteiger partial charge is 0.497 e. The maximum atomic E-state index is 10.6. The minimum atomic E-state index is -5.08. The van der Waals surface area contributed by atoms with E-state index in [-0.39, 0.29) is 5.84 Å². The van der Waals surface area contributed by atoms with Crippen LogP contribution in [-0.2, 0) is 11.2 Å². The van der Waals surface area contributed by atoms with Gasteiger partial charge in [0.15, 0.2) is 0 Å². The molecule has 4 N–H and O–H groups in total. The van der Waals surface area contributed by atoms with Crippen molar-refractivity contribution in [2.45, 2.75) is 12.6 Å². The Labute approximate surface area is 112 Å². The molecule has 0 unspecified atom stereocenters. The molecule has 0 heterocycles. The first-order chi connectivity index (χ1) is 9.20. The van der Waals surface area contributed by atoms with Gasteiger partial charge in [-0.3, -0.25) is 0 Å². The molecule has 0 saturated heterocycles. The molecule has 1 rings (SSSR count). The standard InChI is InChI=1S/C9H12N2O2.C2HF3O2/c1-13-8-4-2-7(3-5-8)6-9(10)11-12;3-2(4,5)1(6)7/h2-5,12H,6H2,1H3,(H2,10,11);(H,6,7). The SMILES string of the molecule is COc1ccc(CC(N)=NO)cc1.O=C(O)C(F)(F)F. The highest BCUT2D eigenvalue weighted by atomic mass is 19.4. The van der Waals surface area contributed by atoms with Crippen LogP contribution in [0.25, 0.3) is 0 Å². The van der Waals surface area contributed by atoms with Crippen molar-refractivity contribution < 1.29 is 33.0 Å². The van der Waals surface area contributed by atoms with Crippen LogP contribution in [0.5, 0.6) is 5.75 Å². The first kappa shape index (κ1) is 17.6. The summed E-state index contributed by atoms with van der Waals surface area (Å²) < 4.78 is 36.7. The van der Waals surface area contributed by atoms with Gasteiger partial charge in [-0.25, -0.2) is 4.79 Å². The second kappa shape index (κ2) is 7.87. The van der Waals surface area contributed by atoms with Gasteiger partial charge in [0, 0.05) is 6.42 Å². The van der Waals surface area contributed by atoms with Gasteiger partial charge >= 0.3 is 12.1 Å². The summed E-state index contributed by atoms with van der Waals surface area (Å²) in [6.07, 6.45) is -4.64. The van der Waals surface area contributed by atoms with Gasteiger partial charge < -0.3 is 20.8 Å². The smallest absolute Gasteiger partial charge is 0.490 e. The van der Waals surface area contributed by atoms with E-state index >= 15 is 0 Å². The molecule has 0 fully saturated rings. The lowest BCUT2D eigenvalue weighted by molar-refractivity contribution is -0.192. The molecule has 6 nitrogen and oxygen atoms in total. The van der Waals surface area contributed by atoms with Gasteiger partial charge in [0.25, 0.3) is 0 Å². The van der Waals surface area contributed by atoms with Crippen LogP contribution in [-0.4, -0.2) is 35.4 Å². The minimum absolute atomic E-state index is 0.199. The Kier molecular flexibility index (Phi) is 6.91. The van der Waals surface area contributed by atoms with E-state index in [1.165, 1.54) is 0 Å². The highest BCUT2D eigenvalue weighted by Gasteiger charge is 2.38. The summed E-state index contributed by atoms with van der Waals surface area (Å²) >= 11 is 0. The molecule has 9 heteroatoms. The van der Waals surface area contributed by atoms with Gasteiger partial charge in [0.1, 0.15) is 11.6 Å². The number of carboxylic acids is 1. The first-order valence-electron chi connectivity index (χ1n) is 5.10. The molecular formula is C11H13F3N2O4. The molecular weight excluding hydrogens is 281 g/mol. The van der Waals surface area contributed by atoms with Gasteiger partial charge in [0.2, 0.25) is 0 Å². The van der Waals surface area contributed by atoms with Crippen LogP contribution in [0.1, 0.15) is 5.56 Å². The third-order valence-corrected chi connectivity index (χ3v) is 1.92. The maximum absolute atomic E-state index is 10.6. The summed E-state index contributed by atoms with van der Waals surface area (Å²) in [4.78, 5) is 8.90. The fraction of sp³-hybridized carbons (Fsp3) is 0.273. The first-order valence-corrected chi connectivity index (χ1v) is 5.10. The minimum Gasteiger partial charge on any atom is -0.497 e. The van der Waals surface area contributed by atoms with E-state index in [0.717, 1.165) is 11.3 Å². The summed E-state index contributed by atoms with van der Waals surface area (Å²) in [5.74, 6) is -1.76. The fourth-order valence-corrected chi connectivity index (χ4v) is 0.988. The molecule has 112 valence electrons. The Hall–Kier alpha value is -2.45. The van der Waals surface area contributed by atoms with Crippen LogP contribution >= 0.6 is 0 Å². The molecule has 0 aliphatic heterocycles. The number of halogens is 3.